The molecule has 0 saturated heterocycles. The van der Waals surface area contributed by atoms with Crippen molar-refractivity contribution in [3.05, 3.63) is 70.8 Å². The number of carbonyl (C=O) groups excluding carboxylic acids is 1. The lowest BCUT2D eigenvalue weighted by Gasteiger charge is -2.13. The van der Waals surface area contributed by atoms with Crippen LogP contribution in [0.1, 0.15) is 24.1 Å². The summed E-state index contributed by atoms with van der Waals surface area (Å²) in [5.74, 6) is -0.232. The molecule has 0 radical (unpaired) electrons. The average molecular weight is 364 g/mol. The third-order valence-corrected chi connectivity index (χ3v) is 4.84. The van der Waals surface area contributed by atoms with Crippen LogP contribution in [0.15, 0.2) is 59.5 Å². The molecule has 0 bridgehead atoms. The number of sulfone groups is 1. The van der Waals surface area contributed by atoms with Gasteiger partial charge in [0.2, 0.25) is 5.91 Å². The molecule has 2 aromatic carbocycles. The van der Waals surface area contributed by atoms with Gasteiger partial charge in [-0.1, -0.05) is 35.9 Å². The zero-order valence-electron chi connectivity index (χ0n) is 13.4. The second-order valence-corrected chi connectivity index (χ2v) is 7.91. The molecule has 0 aliphatic carbocycles. The molecule has 0 aliphatic rings. The maximum atomic E-state index is 12.0. The molecule has 1 amide bonds. The summed E-state index contributed by atoms with van der Waals surface area (Å²) in [5, 5.41) is 3.48. The van der Waals surface area contributed by atoms with Crippen LogP contribution in [0.4, 0.5) is 0 Å². The van der Waals surface area contributed by atoms with E-state index in [1.807, 2.05) is 19.1 Å². The van der Waals surface area contributed by atoms with Crippen LogP contribution >= 0.6 is 11.6 Å². The summed E-state index contributed by atoms with van der Waals surface area (Å²) in [6, 6.07) is 13.4. The number of hydrogen-bond acceptors (Lipinski definition) is 3. The fourth-order valence-electron chi connectivity index (χ4n) is 2.09. The summed E-state index contributed by atoms with van der Waals surface area (Å²) in [7, 11) is -3.22. The Labute approximate surface area is 147 Å². The quantitative estimate of drug-likeness (QED) is 0.825. The smallest absolute Gasteiger partial charge is 0.244 e. The highest BCUT2D eigenvalue weighted by molar-refractivity contribution is 7.90. The molecule has 0 aliphatic heterocycles. The van der Waals surface area contributed by atoms with Gasteiger partial charge in [-0.15, -0.1) is 0 Å². The van der Waals surface area contributed by atoms with Crippen molar-refractivity contribution in [3.8, 4) is 0 Å². The number of rotatable bonds is 5. The lowest BCUT2D eigenvalue weighted by atomic mass is 10.1. The highest BCUT2D eigenvalue weighted by atomic mass is 35.5. The molecule has 6 heteroatoms. The van der Waals surface area contributed by atoms with Crippen LogP contribution in [0.2, 0.25) is 5.02 Å². The molecule has 126 valence electrons. The molecular weight excluding hydrogens is 346 g/mol. The molecule has 0 fully saturated rings. The van der Waals surface area contributed by atoms with Crippen LogP contribution in [0, 0.1) is 0 Å². The Kier molecular flexibility index (Phi) is 5.80. The molecule has 24 heavy (non-hydrogen) atoms. The normalized spacial score (nSPS) is 13.0. The Morgan fingerprint density at radius 2 is 1.67 bits per heavy atom. The van der Waals surface area contributed by atoms with Gasteiger partial charge in [-0.25, -0.2) is 8.42 Å². The standard InChI is InChI=1S/C18H18ClNO3S/c1-13(15-6-10-17(11-7-15)24(2,22)23)20-18(21)12-5-14-3-8-16(19)9-4-14/h3-13H,1-2H3,(H,20,21)/b12-5+/t13-/m0/s1. The van der Waals surface area contributed by atoms with E-state index in [-0.39, 0.29) is 16.8 Å². The molecule has 0 unspecified atom stereocenters. The Hall–Kier alpha value is -2.11. The maximum absolute atomic E-state index is 12.0. The van der Waals surface area contributed by atoms with Crippen LogP contribution < -0.4 is 5.32 Å². The summed E-state index contributed by atoms with van der Waals surface area (Å²) < 4.78 is 22.9. The molecule has 2 aromatic rings. The van der Waals surface area contributed by atoms with Crippen LogP contribution in [0.3, 0.4) is 0 Å². The lowest BCUT2D eigenvalue weighted by molar-refractivity contribution is -0.117. The summed E-state index contributed by atoms with van der Waals surface area (Å²) in [5.41, 5.74) is 1.70. The highest BCUT2D eigenvalue weighted by Crippen LogP contribution is 2.16. The SMILES string of the molecule is C[C@H](NC(=O)/C=C/c1ccc(Cl)cc1)c1ccc(S(C)(=O)=O)cc1. The van der Waals surface area contributed by atoms with E-state index in [9.17, 15) is 13.2 Å². The van der Waals surface area contributed by atoms with E-state index < -0.39 is 9.84 Å². The number of nitrogens with one attached hydrogen (secondary N) is 1. The average Bonchev–Trinajstić information content (AvgIpc) is 2.53. The summed E-state index contributed by atoms with van der Waals surface area (Å²) in [6.45, 7) is 1.84. The van der Waals surface area contributed by atoms with Gasteiger partial charge in [0.15, 0.2) is 9.84 Å². The second-order valence-electron chi connectivity index (χ2n) is 5.46. The van der Waals surface area contributed by atoms with E-state index in [0.29, 0.717) is 5.02 Å². The van der Waals surface area contributed by atoms with Crippen molar-refractivity contribution in [1.82, 2.24) is 5.32 Å². The van der Waals surface area contributed by atoms with Crippen molar-refractivity contribution in [3.63, 3.8) is 0 Å². The van der Waals surface area contributed by atoms with Gasteiger partial charge in [-0.2, -0.15) is 0 Å². The molecule has 4 nitrogen and oxygen atoms in total. The Morgan fingerprint density at radius 1 is 1.08 bits per heavy atom. The summed E-state index contributed by atoms with van der Waals surface area (Å²) in [4.78, 5) is 12.2. The molecular formula is C18H18ClNO3S. The van der Waals surface area contributed by atoms with E-state index in [1.165, 1.54) is 18.2 Å². The third kappa shape index (κ3) is 5.22. The van der Waals surface area contributed by atoms with E-state index in [4.69, 9.17) is 11.6 Å². The third-order valence-electron chi connectivity index (χ3n) is 3.46. The molecule has 1 atom stereocenters. The first kappa shape index (κ1) is 18.2. The van der Waals surface area contributed by atoms with Crippen molar-refractivity contribution < 1.29 is 13.2 Å². The summed E-state index contributed by atoms with van der Waals surface area (Å²) >= 11 is 5.81. The Morgan fingerprint density at radius 3 is 2.21 bits per heavy atom. The van der Waals surface area contributed by atoms with Crippen molar-refractivity contribution in [2.75, 3.05) is 6.26 Å². The Balaban J connectivity index is 1.99. The van der Waals surface area contributed by atoms with Crippen molar-refractivity contribution in [2.45, 2.75) is 17.9 Å². The van der Waals surface area contributed by atoms with Crippen molar-refractivity contribution in [1.29, 1.82) is 0 Å². The summed E-state index contributed by atoms with van der Waals surface area (Å²) in [6.07, 6.45) is 4.31. The van der Waals surface area contributed by atoms with Gasteiger partial charge in [0.05, 0.1) is 10.9 Å². The van der Waals surface area contributed by atoms with Gasteiger partial charge in [0, 0.05) is 17.4 Å². The van der Waals surface area contributed by atoms with E-state index in [0.717, 1.165) is 17.4 Å². The van der Waals surface area contributed by atoms with Crippen LogP contribution in [-0.2, 0) is 14.6 Å². The Bertz CT molecular complexity index is 841. The van der Waals surface area contributed by atoms with Gasteiger partial charge in [0.1, 0.15) is 0 Å². The molecule has 0 heterocycles. The predicted molar refractivity (Wildman–Crippen MR) is 96.6 cm³/mol. The van der Waals surface area contributed by atoms with Crippen molar-refractivity contribution in [2.24, 2.45) is 0 Å². The largest absolute Gasteiger partial charge is 0.346 e. The second kappa shape index (κ2) is 7.64. The number of amides is 1. The van der Waals surface area contributed by atoms with E-state index >= 15 is 0 Å². The number of halogens is 1. The van der Waals surface area contributed by atoms with Gasteiger partial charge < -0.3 is 5.32 Å². The molecule has 0 spiro atoms. The van der Waals surface area contributed by atoms with E-state index in [1.54, 1.807) is 30.3 Å². The minimum absolute atomic E-state index is 0.232. The van der Waals surface area contributed by atoms with Crippen LogP contribution in [-0.4, -0.2) is 20.6 Å². The first-order chi connectivity index (χ1) is 11.3. The zero-order chi connectivity index (χ0) is 17.7. The van der Waals surface area contributed by atoms with Crippen LogP contribution in [0.5, 0.6) is 0 Å². The first-order valence-electron chi connectivity index (χ1n) is 7.30. The fourth-order valence-corrected chi connectivity index (χ4v) is 2.85. The van der Waals surface area contributed by atoms with Crippen LogP contribution in [0.25, 0.3) is 6.08 Å². The molecule has 1 N–H and O–H groups in total. The van der Waals surface area contributed by atoms with Crippen molar-refractivity contribution >= 4 is 33.4 Å². The maximum Gasteiger partial charge on any atom is 0.244 e. The minimum atomic E-state index is -3.22. The van der Waals surface area contributed by atoms with Gasteiger partial charge in [0.25, 0.3) is 0 Å². The van der Waals surface area contributed by atoms with E-state index in [2.05, 4.69) is 5.32 Å². The first-order valence-corrected chi connectivity index (χ1v) is 9.57. The van der Waals surface area contributed by atoms with Gasteiger partial charge >= 0.3 is 0 Å². The predicted octanol–water partition coefficient (Wildman–Crippen LogP) is 3.63. The monoisotopic (exact) mass is 363 g/mol. The van der Waals surface area contributed by atoms with Gasteiger partial charge in [-0.3, -0.25) is 4.79 Å². The zero-order valence-corrected chi connectivity index (χ0v) is 14.9. The topological polar surface area (TPSA) is 63.2 Å². The number of carbonyl (C=O) groups is 1. The molecule has 0 saturated carbocycles. The number of hydrogen-bond donors (Lipinski definition) is 1. The highest BCUT2D eigenvalue weighted by Gasteiger charge is 2.10. The number of benzene rings is 2. The molecule has 0 aromatic heterocycles. The van der Waals surface area contributed by atoms with Gasteiger partial charge in [-0.05, 0) is 48.4 Å². The lowest BCUT2D eigenvalue weighted by Crippen LogP contribution is -2.24. The minimum Gasteiger partial charge on any atom is -0.346 e. The fraction of sp³-hybridized carbons (Fsp3) is 0.167. The molecule has 2 rings (SSSR count).